The molecule has 1 aromatic heterocycles. The second-order valence-electron chi connectivity index (χ2n) is 6.77. The number of anilines is 2. The molecule has 0 spiro atoms. The molecule has 7 heteroatoms. The Bertz CT molecular complexity index is 876. The number of ether oxygens (including phenoxy) is 1. The zero-order chi connectivity index (χ0) is 18.1. The molecule has 0 bridgehead atoms. The van der Waals surface area contributed by atoms with Crippen molar-refractivity contribution in [1.29, 1.82) is 0 Å². The number of nitrogens with zero attached hydrogens (tertiary/aromatic N) is 3. The maximum absolute atomic E-state index is 13.0. The Morgan fingerprint density at radius 2 is 2.12 bits per heavy atom. The number of amides is 1. The number of fused-ring (bicyclic) bond motifs is 1. The molecule has 1 N–H and O–H groups in total. The third-order valence-electron chi connectivity index (χ3n) is 4.92. The van der Waals surface area contributed by atoms with Crippen molar-refractivity contribution in [2.75, 3.05) is 36.1 Å². The normalized spacial score (nSPS) is 19.5. The molecular weight excluding hydrogens is 348 g/mol. The smallest absolute Gasteiger partial charge is 0.234 e. The first-order valence-electron chi connectivity index (χ1n) is 8.95. The van der Waals surface area contributed by atoms with E-state index in [9.17, 15) is 4.79 Å². The van der Waals surface area contributed by atoms with Gasteiger partial charge in [0.05, 0.1) is 19.6 Å². The zero-order valence-corrected chi connectivity index (χ0v) is 15.6. The van der Waals surface area contributed by atoms with Crippen LogP contribution in [0, 0.1) is 4.64 Å². The number of nitrogens with one attached hydrogen (secondary N) is 1. The molecule has 26 heavy (non-hydrogen) atoms. The molecule has 0 aliphatic carbocycles. The van der Waals surface area contributed by atoms with Crippen molar-refractivity contribution < 1.29 is 9.53 Å². The van der Waals surface area contributed by atoms with Crippen molar-refractivity contribution in [1.82, 2.24) is 9.97 Å². The summed E-state index contributed by atoms with van der Waals surface area (Å²) in [6.45, 7) is 5.08. The third-order valence-corrected chi connectivity index (χ3v) is 5.13. The van der Waals surface area contributed by atoms with Crippen LogP contribution in [-0.4, -0.2) is 48.2 Å². The second-order valence-corrected chi connectivity index (χ2v) is 7.19. The fourth-order valence-corrected chi connectivity index (χ4v) is 3.95. The lowest BCUT2D eigenvalue weighted by Crippen LogP contribution is -2.38. The number of aromatic nitrogens is 2. The minimum atomic E-state index is 0.0414. The van der Waals surface area contributed by atoms with Gasteiger partial charge in [-0.25, -0.2) is 4.98 Å². The van der Waals surface area contributed by atoms with Crippen LogP contribution in [0.2, 0.25) is 0 Å². The summed E-state index contributed by atoms with van der Waals surface area (Å²) >= 11 is 5.32. The topological polar surface area (TPSA) is 61.5 Å². The summed E-state index contributed by atoms with van der Waals surface area (Å²) in [5, 5.41) is 0. The molecule has 4 rings (SSSR count). The van der Waals surface area contributed by atoms with Gasteiger partial charge in [0.15, 0.2) is 0 Å². The first kappa shape index (κ1) is 17.2. The van der Waals surface area contributed by atoms with Crippen molar-refractivity contribution in [2.45, 2.75) is 25.8 Å². The maximum atomic E-state index is 13.0. The molecule has 0 saturated carbocycles. The highest BCUT2D eigenvalue weighted by atomic mass is 32.1. The van der Waals surface area contributed by atoms with Crippen LogP contribution in [0.4, 0.5) is 11.5 Å². The lowest BCUT2D eigenvalue weighted by molar-refractivity contribution is -0.118. The molecule has 3 heterocycles. The van der Waals surface area contributed by atoms with Crippen molar-refractivity contribution >= 4 is 29.6 Å². The van der Waals surface area contributed by atoms with Crippen LogP contribution in [0.15, 0.2) is 30.3 Å². The summed E-state index contributed by atoms with van der Waals surface area (Å²) in [4.78, 5) is 24.7. The molecule has 2 aliphatic heterocycles. The van der Waals surface area contributed by atoms with Gasteiger partial charge in [0, 0.05) is 30.9 Å². The van der Waals surface area contributed by atoms with Gasteiger partial charge in [-0.15, -0.1) is 0 Å². The third kappa shape index (κ3) is 3.37. The highest BCUT2D eigenvalue weighted by Gasteiger charge is 2.30. The van der Waals surface area contributed by atoms with Crippen molar-refractivity contribution in [3.8, 4) is 0 Å². The molecule has 1 amide bonds. The van der Waals surface area contributed by atoms with E-state index in [0.29, 0.717) is 23.7 Å². The van der Waals surface area contributed by atoms with E-state index in [0.717, 1.165) is 31.0 Å². The first-order valence-corrected chi connectivity index (χ1v) is 9.35. The van der Waals surface area contributed by atoms with E-state index < -0.39 is 0 Å². The first-order chi connectivity index (χ1) is 12.6. The van der Waals surface area contributed by atoms with Crippen molar-refractivity contribution in [2.24, 2.45) is 0 Å². The molecule has 2 aliphatic rings. The van der Waals surface area contributed by atoms with E-state index in [2.05, 4.69) is 27.9 Å². The number of morpholine rings is 1. The van der Waals surface area contributed by atoms with Gasteiger partial charge in [0.2, 0.25) is 5.91 Å². The number of carbonyl (C=O) groups excluding carboxylic acids is 1. The Morgan fingerprint density at radius 3 is 2.92 bits per heavy atom. The number of para-hydroxylation sites is 1. The van der Waals surface area contributed by atoms with Gasteiger partial charge < -0.3 is 19.5 Å². The maximum Gasteiger partial charge on any atom is 0.234 e. The van der Waals surface area contributed by atoms with Crippen LogP contribution < -0.4 is 9.80 Å². The largest absolute Gasteiger partial charge is 0.378 e. The Kier molecular flexibility index (Phi) is 4.74. The predicted octanol–water partition coefficient (Wildman–Crippen LogP) is 2.50. The lowest BCUT2D eigenvalue weighted by Gasteiger charge is -2.28. The van der Waals surface area contributed by atoms with Gasteiger partial charge in [-0.3, -0.25) is 4.79 Å². The van der Waals surface area contributed by atoms with Gasteiger partial charge in [-0.2, -0.15) is 0 Å². The molecule has 1 unspecified atom stereocenters. The number of carbonyl (C=O) groups is 1. The molecule has 136 valence electrons. The van der Waals surface area contributed by atoms with E-state index in [1.54, 1.807) is 0 Å². The van der Waals surface area contributed by atoms with Gasteiger partial charge >= 0.3 is 0 Å². The monoisotopic (exact) mass is 370 g/mol. The predicted molar refractivity (Wildman–Crippen MR) is 103 cm³/mol. The van der Waals surface area contributed by atoms with Gasteiger partial charge in [0.25, 0.3) is 0 Å². The van der Waals surface area contributed by atoms with E-state index in [4.69, 9.17) is 17.0 Å². The average molecular weight is 370 g/mol. The van der Waals surface area contributed by atoms with Gasteiger partial charge in [-0.05, 0) is 25.0 Å². The molecule has 1 atom stereocenters. The van der Waals surface area contributed by atoms with Crippen LogP contribution >= 0.6 is 12.2 Å². The number of hydrogen-bond donors (Lipinski definition) is 1. The fraction of sp³-hybridized carbons (Fsp3) is 0.421. The highest BCUT2D eigenvalue weighted by molar-refractivity contribution is 7.71. The molecule has 1 aromatic carbocycles. The standard InChI is InChI=1S/C19H22N4O2S/c1-13-10-14-4-2-3-5-15(14)23(13)19(24)11-16-20-17(12-18(26)21-16)22-6-8-25-9-7-22/h2-5,12-13H,6-11H2,1H3,(H,20,21,26). The van der Waals surface area contributed by atoms with E-state index in [1.165, 1.54) is 5.56 Å². The van der Waals surface area contributed by atoms with E-state index in [-0.39, 0.29) is 18.4 Å². The van der Waals surface area contributed by atoms with Crippen LogP contribution in [0.3, 0.4) is 0 Å². The molecule has 6 nitrogen and oxygen atoms in total. The summed E-state index contributed by atoms with van der Waals surface area (Å²) in [5.74, 6) is 1.56. The van der Waals surface area contributed by atoms with E-state index >= 15 is 0 Å². The minimum Gasteiger partial charge on any atom is -0.378 e. The molecule has 0 radical (unpaired) electrons. The Balaban J connectivity index is 1.56. The Hall–Kier alpha value is -2.25. The van der Waals surface area contributed by atoms with Crippen molar-refractivity contribution in [3.63, 3.8) is 0 Å². The highest BCUT2D eigenvalue weighted by Crippen LogP contribution is 2.32. The minimum absolute atomic E-state index is 0.0414. The average Bonchev–Trinajstić information content (AvgIpc) is 2.97. The second kappa shape index (κ2) is 7.17. The summed E-state index contributed by atoms with van der Waals surface area (Å²) in [6.07, 6.45) is 1.10. The van der Waals surface area contributed by atoms with Gasteiger partial charge in [-0.1, -0.05) is 30.4 Å². The summed E-state index contributed by atoms with van der Waals surface area (Å²) in [5.41, 5.74) is 2.23. The van der Waals surface area contributed by atoms with E-state index in [1.807, 2.05) is 29.2 Å². The number of rotatable bonds is 3. The molecule has 2 aromatic rings. The van der Waals surface area contributed by atoms with Gasteiger partial charge in [0.1, 0.15) is 16.3 Å². The van der Waals surface area contributed by atoms with Crippen LogP contribution in [-0.2, 0) is 22.4 Å². The molecule has 1 saturated heterocycles. The van der Waals surface area contributed by atoms with Crippen LogP contribution in [0.5, 0.6) is 0 Å². The molecule has 1 fully saturated rings. The summed E-state index contributed by atoms with van der Waals surface area (Å²) in [6, 6.07) is 10.1. The SMILES string of the molecule is CC1Cc2ccccc2N1C(=O)Cc1nc(=S)cc(N2CCOCC2)[nH]1. The number of benzene rings is 1. The van der Waals surface area contributed by atoms with Crippen LogP contribution in [0.25, 0.3) is 0 Å². The quantitative estimate of drug-likeness (QED) is 0.841. The number of hydrogen-bond acceptors (Lipinski definition) is 5. The Labute approximate surface area is 157 Å². The molecular formula is C19H22N4O2S. The number of aromatic amines is 1. The zero-order valence-electron chi connectivity index (χ0n) is 14.8. The fourth-order valence-electron chi connectivity index (χ4n) is 3.73. The summed E-state index contributed by atoms with van der Waals surface area (Å²) < 4.78 is 5.90. The number of H-pyrrole nitrogens is 1. The lowest BCUT2D eigenvalue weighted by atomic mass is 10.1. The summed E-state index contributed by atoms with van der Waals surface area (Å²) in [7, 11) is 0. The van der Waals surface area contributed by atoms with Crippen molar-refractivity contribution in [3.05, 3.63) is 46.4 Å². The van der Waals surface area contributed by atoms with Crippen LogP contribution in [0.1, 0.15) is 18.3 Å². The Morgan fingerprint density at radius 1 is 1.35 bits per heavy atom.